The normalized spacial score (nSPS) is 11.0. The lowest BCUT2D eigenvalue weighted by atomic mass is 10.3. The van der Waals surface area contributed by atoms with Crippen molar-refractivity contribution in [3.8, 4) is 5.69 Å². The number of imidazole rings is 1. The fourth-order valence-electron chi connectivity index (χ4n) is 2.08. The number of aliphatic hydroxyl groups is 1. The highest BCUT2D eigenvalue weighted by atomic mass is 35.5. The second-order valence-corrected chi connectivity index (χ2v) is 4.37. The maximum atomic E-state index is 9.45. The molecule has 3 nitrogen and oxygen atoms in total. The Morgan fingerprint density at radius 2 is 1.78 bits per heavy atom. The lowest BCUT2D eigenvalue weighted by Crippen LogP contribution is -2.01. The van der Waals surface area contributed by atoms with Gasteiger partial charge in [-0.2, -0.15) is 0 Å². The Balaban J connectivity index is 2.37. The van der Waals surface area contributed by atoms with E-state index in [0.717, 1.165) is 16.7 Å². The van der Waals surface area contributed by atoms with Gasteiger partial charge in [0.05, 0.1) is 21.7 Å². The molecule has 18 heavy (non-hydrogen) atoms. The smallest absolute Gasteiger partial charge is 0.140 e. The summed E-state index contributed by atoms with van der Waals surface area (Å²) >= 11 is 6.21. The SMILES string of the molecule is OCc1nc2ccccc2n1-c1ccccc1Cl. The third kappa shape index (κ3) is 1.68. The second kappa shape index (κ2) is 4.44. The van der Waals surface area contributed by atoms with Crippen molar-refractivity contribution in [3.63, 3.8) is 0 Å². The molecule has 0 aliphatic rings. The zero-order valence-electron chi connectivity index (χ0n) is 9.55. The molecular weight excluding hydrogens is 248 g/mol. The van der Waals surface area contributed by atoms with E-state index in [1.165, 1.54) is 0 Å². The van der Waals surface area contributed by atoms with Crippen LogP contribution in [0.1, 0.15) is 5.82 Å². The minimum atomic E-state index is -0.125. The van der Waals surface area contributed by atoms with Gasteiger partial charge in [-0.1, -0.05) is 35.9 Å². The van der Waals surface area contributed by atoms with E-state index in [1.54, 1.807) is 0 Å². The van der Waals surface area contributed by atoms with Crippen LogP contribution in [-0.2, 0) is 6.61 Å². The highest BCUT2D eigenvalue weighted by Gasteiger charge is 2.12. The number of nitrogens with zero attached hydrogens (tertiary/aromatic N) is 2. The molecule has 1 N–H and O–H groups in total. The van der Waals surface area contributed by atoms with Crippen LogP contribution in [0.5, 0.6) is 0 Å². The summed E-state index contributed by atoms with van der Waals surface area (Å²) < 4.78 is 1.89. The molecule has 0 aliphatic carbocycles. The Kier molecular flexibility index (Phi) is 2.78. The number of fused-ring (bicyclic) bond motifs is 1. The van der Waals surface area contributed by atoms with Gasteiger partial charge < -0.3 is 5.11 Å². The maximum absolute atomic E-state index is 9.45. The van der Waals surface area contributed by atoms with Crippen LogP contribution in [0, 0.1) is 0 Å². The Morgan fingerprint density at radius 3 is 2.56 bits per heavy atom. The summed E-state index contributed by atoms with van der Waals surface area (Å²) in [5, 5.41) is 10.1. The number of para-hydroxylation sites is 3. The Labute approximate surface area is 109 Å². The first kappa shape index (κ1) is 11.3. The van der Waals surface area contributed by atoms with Gasteiger partial charge in [0, 0.05) is 0 Å². The minimum absolute atomic E-state index is 0.125. The molecule has 0 amide bonds. The second-order valence-electron chi connectivity index (χ2n) is 3.96. The number of hydrogen-bond acceptors (Lipinski definition) is 2. The molecule has 0 bridgehead atoms. The Hall–Kier alpha value is -1.84. The summed E-state index contributed by atoms with van der Waals surface area (Å²) in [6, 6.07) is 15.3. The van der Waals surface area contributed by atoms with Crippen molar-refractivity contribution >= 4 is 22.6 Å². The van der Waals surface area contributed by atoms with Gasteiger partial charge >= 0.3 is 0 Å². The van der Waals surface area contributed by atoms with E-state index in [9.17, 15) is 5.11 Å². The van der Waals surface area contributed by atoms with Gasteiger partial charge in [0.25, 0.3) is 0 Å². The van der Waals surface area contributed by atoms with E-state index < -0.39 is 0 Å². The van der Waals surface area contributed by atoms with Crippen LogP contribution in [-0.4, -0.2) is 14.7 Å². The predicted octanol–water partition coefficient (Wildman–Crippen LogP) is 3.17. The van der Waals surface area contributed by atoms with E-state index in [2.05, 4.69) is 4.98 Å². The van der Waals surface area contributed by atoms with Crippen molar-refractivity contribution < 1.29 is 5.11 Å². The minimum Gasteiger partial charge on any atom is -0.388 e. The van der Waals surface area contributed by atoms with Crippen molar-refractivity contribution in [3.05, 3.63) is 59.4 Å². The summed E-state index contributed by atoms with van der Waals surface area (Å²) in [4.78, 5) is 4.40. The summed E-state index contributed by atoms with van der Waals surface area (Å²) in [6.07, 6.45) is 0. The first-order valence-corrected chi connectivity index (χ1v) is 6.01. The average molecular weight is 259 g/mol. The van der Waals surface area contributed by atoms with E-state index in [4.69, 9.17) is 11.6 Å². The van der Waals surface area contributed by atoms with Gasteiger partial charge in [-0.25, -0.2) is 4.98 Å². The van der Waals surface area contributed by atoms with Gasteiger partial charge in [0.15, 0.2) is 0 Å². The largest absolute Gasteiger partial charge is 0.388 e. The zero-order chi connectivity index (χ0) is 12.5. The third-order valence-corrected chi connectivity index (χ3v) is 3.18. The molecule has 3 rings (SSSR count). The van der Waals surface area contributed by atoms with Gasteiger partial charge in [0.2, 0.25) is 0 Å². The average Bonchev–Trinajstić information content (AvgIpc) is 2.78. The van der Waals surface area contributed by atoms with Gasteiger partial charge in [-0.05, 0) is 24.3 Å². The van der Waals surface area contributed by atoms with Gasteiger partial charge in [-0.3, -0.25) is 4.57 Å². The Morgan fingerprint density at radius 1 is 1.06 bits per heavy atom. The molecule has 4 heteroatoms. The number of aromatic nitrogens is 2. The maximum Gasteiger partial charge on any atom is 0.140 e. The standard InChI is InChI=1S/C14H11ClN2O/c15-10-5-1-3-7-12(10)17-13-8-4-2-6-11(13)16-14(17)9-18/h1-8,18H,9H2. The first-order valence-electron chi connectivity index (χ1n) is 5.63. The van der Waals surface area contributed by atoms with Crippen molar-refractivity contribution in [2.75, 3.05) is 0 Å². The van der Waals surface area contributed by atoms with Crippen molar-refractivity contribution in [1.29, 1.82) is 0 Å². The molecule has 1 aromatic heterocycles. The van der Waals surface area contributed by atoms with Gasteiger partial charge in [0.1, 0.15) is 12.4 Å². The molecular formula is C14H11ClN2O. The number of rotatable bonds is 2. The molecule has 3 aromatic rings. The van der Waals surface area contributed by atoms with Crippen molar-refractivity contribution in [1.82, 2.24) is 9.55 Å². The highest BCUT2D eigenvalue weighted by Crippen LogP contribution is 2.26. The summed E-state index contributed by atoms with van der Waals surface area (Å²) in [6.45, 7) is -0.125. The summed E-state index contributed by atoms with van der Waals surface area (Å²) in [7, 11) is 0. The van der Waals surface area contributed by atoms with Crippen LogP contribution in [0.2, 0.25) is 5.02 Å². The fourth-order valence-corrected chi connectivity index (χ4v) is 2.30. The van der Waals surface area contributed by atoms with Crippen LogP contribution < -0.4 is 0 Å². The summed E-state index contributed by atoms with van der Waals surface area (Å²) in [5.74, 6) is 0.587. The van der Waals surface area contributed by atoms with Crippen LogP contribution in [0.3, 0.4) is 0 Å². The lowest BCUT2D eigenvalue weighted by molar-refractivity contribution is 0.270. The molecule has 90 valence electrons. The topological polar surface area (TPSA) is 38.1 Å². The lowest BCUT2D eigenvalue weighted by Gasteiger charge is -2.09. The molecule has 0 spiro atoms. The number of benzene rings is 2. The first-order chi connectivity index (χ1) is 8.81. The highest BCUT2D eigenvalue weighted by molar-refractivity contribution is 6.32. The van der Waals surface area contributed by atoms with Crippen molar-refractivity contribution in [2.45, 2.75) is 6.61 Å². The summed E-state index contributed by atoms with van der Waals surface area (Å²) in [5.41, 5.74) is 2.62. The van der Waals surface area contributed by atoms with Crippen molar-refractivity contribution in [2.24, 2.45) is 0 Å². The quantitative estimate of drug-likeness (QED) is 0.767. The fraction of sp³-hybridized carbons (Fsp3) is 0.0714. The van der Waals surface area contributed by atoms with E-state index >= 15 is 0 Å². The third-order valence-electron chi connectivity index (χ3n) is 2.87. The molecule has 0 fully saturated rings. The molecule has 2 aromatic carbocycles. The van der Waals surface area contributed by atoms with E-state index in [-0.39, 0.29) is 6.61 Å². The molecule has 0 atom stereocenters. The molecule has 0 saturated heterocycles. The molecule has 0 aliphatic heterocycles. The number of halogens is 1. The van der Waals surface area contributed by atoms with Gasteiger partial charge in [-0.15, -0.1) is 0 Å². The molecule has 0 unspecified atom stereocenters. The van der Waals surface area contributed by atoms with Crippen LogP contribution in [0.25, 0.3) is 16.7 Å². The Bertz CT molecular complexity index is 706. The van der Waals surface area contributed by atoms with E-state index in [0.29, 0.717) is 10.8 Å². The number of aliphatic hydroxyl groups excluding tert-OH is 1. The number of hydrogen-bond donors (Lipinski definition) is 1. The molecule has 1 heterocycles. The van der Waals surface area contributed by atoms with Crippen LogP contribution in [0.15, 0.2) is 48.5 Å². The monoisotopic (exact) mass is 258 g/mol. The predicted molar refractivity (Wildman–Crippen MR) is 72.0 cm³/mol. The zero-order valence-corrected chi connectivity index (χ0v) is 10.3. The van der Waals surface area contributed by atoms with E-state index in [1.807, 2.05) is 53.1 Å². The van der Waals surface area contributed by atoms with Crippen LogP contribution in [0.4, 0.5) is 0 Å². The van der Waals surface area contributed by atoms with Crippen LogP contribution >= 0.6 is 11.6 Å². The molecule has 0 radical (unpaired) electrons. The molecule has 0 saturated carbocycles.